The van der Waals surface area contributed by atoms with E-state index in [-0.39, 0.29) is 18.4 Å². The Morgan fingerprint density at radius 3 is 2.50 bits per heavy atom. The molecule has 0 bridgehead atoms. The number of hydrogen-bond donors (Lipinski definition) is 2. The summed E-state index contributed by atoms with van der Waals surface area (Å²) in [6.07, 6.45) is 13.3. The van der Waals surface area contributed by atoms with E-state index in [9.17, 15) is 14.8 Å². The molecule has 256 valence electrons. The average Bonchev–Trinajstić information content (AvgIpc) is 3.78. The second-order valence-corrected chi connectivity index (χ2v) is 13.7. The van der Waals surface area contributed by atoms with Gasteiger partial charge >= 0.3 is 0 Å². The van der Waals surface area contributed by atoms with E-state index in [1.54, 1.807) is 25.7 Å². The molecular weight excluding hydrogens is 632 g/mol. The topological polar surface area (TPSA) is 136 Å². The standard InChI is InChI=1S/C38H40N8O4/c1-50-38(37(48)41-30-9-10-32-31(22-30)35(43-42-32)29-13-19-46(49)33(21-29)27-5-6-27)14-20-44(24-38)23-34(47)45-17-11-26(12-18-45)25-3-7-28(8-4-25)36-39-15-2-16-40-36/h2-4,7-10,13,15-16,19,21-22,26-27,49H,5-6,11-12,14,17-18,20,23-24H2,1H3,(H,41,48)/t38-/m0/s1. The lowest BCUT2D eigenvalue weighted by atomic mass is 9.89. The van der Waals surface area contributed by atoms with Crippen LogP contribution >= 0.6 is 0 Å². The Balaban J connectivity index is 0.866. The highest BCUT2D eigenvalue weighted by molar-refractivity contribution is 5.99. The number of carbonyl (C=O) groups excluding carboxylic acids is 2. The van der Waals surface area contributed by atoms with Crippen LogP contribution < -0.4 is 5.32 Å². The van der Waals surface area contributed by atoms with Crippen LogP contribution in [-0.2, 0) is 14.3 Å². The smallest absolute Gasteiger partial charge is 0.258 e. The van der Waals surface area contributed by atoms with E-state index in [1.165, 1.54) is 10.6 Å². The third kappa shape index (κ3) is 6.37. The molecule has 1 aromatic heterocycles. The maximum Gasteiger partial charge on any atom is 0.258 e. The zero-order chi connectivity index (χ0) is 34.2. The van der Waals surface area contributed by atoms with Crippen LogP contribution in [0.5, 0.6) is 0 Å². The minimum absolute atomic E-state index is 0.0824. The molecule has 0 unspecified atom stereocenters. The molecule has 2 saturated heterocycles. The number of piperidine rings is 1. The summed E-state index contributed by atoms with van der Waals surface area (Å²) in [7, 11) is 1.56. The van der Waals surface area contributed by atoms with E-state index in [0.29, 0.717) is 61.6 Å². The summed E-state index contributed by atoms with van der Waals surface area (Å²) in [5.41, 5.74) is 5.77. The lowest BCUT2D eigenvalue weighted by Gasteiger charge is -2.33. The lowest BCUT2D eigenvalue weighted by molar-refractivity contribution is -0.138. The fraction of sp³-hybridized carbons (Fsp3) is 0.368. The highest BCUT2D eigenvalue weighted by atomic mass is 16.5. The Morgan fingerprint density at radius 2 is 1.76 bits per heavy atom. The number of ether oxygens (including phenoxy) is 1. The summed E-state index contributed by atoms with van der Waals surface area (Å²) in [6.45, 7) is 2.58. The number of aromatic nitrogens is 2. The molecule has 3 aromatic rings. The summed E-state index contributed by atoms with van der Waals surface area (Å²) >= 11 is 0. The number of methoxy groups -OCH3 is 1. The van der Waals surface area contributed by atoms with E-state index in [2.05, 4.69) is 49.8 Å². The van der Waals surface area contributed by atoms with Crippen LogP contribution in [0.4, 0.5) is 11.4 Å². The number of benzene rings is 2. The summed E-state index contributed by atoms with van der Waals surface area (Å²) in [6, 6.07) is 15.8. The first-order valence-electron chi connectivity index (χ1n) is 17.3. The highest BCUT2D eigenvalue weighted by Crippen LogP contribution is 2.44. The molecule has 0 radical (unpaired) electrons. The number of allylic oxidation sites excluding steroid dienone is 4. The van der Waals surface area contributed by atoms with Crippen molar-refractivity contribution in [2.45, 2.75) is 43.6 Å². The van der Waals surface area contributed by atoms with Gasteiger partial charge in [0.1, 0.15) is 5.70 Å². The quantitative estimate of drug-likeness (QED) is 0.302. The third-order valence-corrected chi connectivity index (χ3v) is 10.5. The van der Waals surface area contributed by atoms with Crippen LogP contribution in [-0.4, -0.2) is 87.3 Å². The number of nitrogens with zero attached hydrogens (tertiary/aromatic N) is 7. The first kappa shape index (κ1) is 32.2. The maximum atomic E-state index is 13.7. The molecule has 5 heterocycles. The molecule has 1 saturated carbocycles. The van der Waals surface area contributed by atoms with Gasteiger partial charge in [0.2, 0.25) is 5.91 Å². The maximum absolute atomic E-state index is 13.7. The molecule has 2 aromatic carbocycles. The zero-order valence-electron chi connectivity index (χ0n) is 28.0. The highest BCUT2D eigenvalue weighted by Gasteiger charge is 2.46. The summed E-state index contributed by atoms with van der Waals surface area (Å²) in [5.74, 6) is 1.31. The molecule has 5 aliphatic rings. The number of hydroxylamine groups is 2. The average molecular weight is 673 g/mol. The number of amides is 2. The molecule has 12 heteroatoms. The van der Waals surface area contributed by atoms with Gasteiger partial charge in [0, 0.05) is 85.9 Å². The molecule has 8 rings (SSSR count). The van der Waals surface area contributed by atoms with Gasteiger partial charge in [-0.25, -0.2) is 15.0 Å². The van der Waals surface area contributed by atoms with E-state index in [4.69, 9.17) is 4.74 Å². The summed E-state index contributed by atoms with van der Waals surface area (Å²) in [5, 5.41) is 23.3. The number of carbonyl (C=O) groups is 2. The second kappa shape index (κ2) is 13.3. The molecule has 1 atom stereocenters. The van der Waals surface area contributed by atoms with Gasteiger partial charge in [0.15, 0.2) is 11.4 Å². The SMILES string of the molecule is CO[C@@]1(C(=O)Nc2ccc3c(c2)C(=C2C=CN(O)C(C4CC4)=C2)N=N3)CCN(CC(=O)N2CCC(c3ccc(-c4ncccn4)cc3)CC2)C1. The Bertz CT molecular complexity index is 1910. The largest absolute Gasteiger partial charge is 0.367 e. The molecule has 2 amide bonds. The van der Waals surface area contributed by atoms with Crippen molar-refractivity contribution in [3.63, 3.8) is 0 Å². The molecule has 0 spiro atoms. The van der Waals surface area contributed by atoms with Gasteiger partial charge in [0.05, 0.1) is 12.2 Å². The summed E-state index contributed by atoms with van der Waals surface area (Å²) in [4.78, 5) is 39.8. The first-order chi connectivity index (χ1) is 24.4. The monoisotopic (exact) mass is 672 g/mol. The molecule has 12 nitrogen and oxygen atoms in total. The van der Waals surface area contributed by atoms with Crippen molar-refractivity contribution in [2.75, 3.05) is 45.2 Å². The predicted octanol–water partition coefficient (Wildman–Crippen LogP) is 5.90. The van der Waals surface area contributed by atoms with Crippen LogP contribution in [0.25, 0.3) is 17.1 Å². The fourth-order valence-corrected chi connectivity index (χ4v) is 7.39. The minimum atomic E-state index is -1.07. The Morgan fingerprint density at radius 1 is 0.980 bits per heavy atom. The van der Waals surface area contributed by atoms with E-state index in [0.717, 1.165) is 53.8 Å². The minimum Gasteiger partial charge on any atom is -0.367 e. The third-order valence-electron chi connectivity index (χ3n) is 10.5. The van der Waals surface area contributed by atoms with Crippen molar-refractivity contribution in [1.29, 1.82) is 0 Å². The van der Waals surface area contributed by atoms with Crippen LogP contribution in [0, 0.1) is 5.92 Å². The molecule has 2 N–H and O–H groups in total. The number of hydrogen-bond acceptors (Lipinski definition) is 10. The number of fused-ring (bicyclic) bond motifs is 1. The van der Waals surface area contributed by atoms with Gasteiger partial charge in [-0.3, -0.25) is 19.7 Å². The fourth-order valence-electron chi connectivity index (χ4n) is 7.39. The van der Waals surface area contributed by atoms with Gasteiger partial charge in [-0.1, -0.05) is 24.3 Å². The van der Waals surface area contributed by atoms with Crippen LogP contribution in [0.1, 0.15) is 49.1 Å². The number of anilines is 1. The Labute approximate surface area is 290 Å². The Hall–Kier alpha value is -5.04. The van der Waals surface area contributed by atoms with Gasteiger partial charge in [0.25, 0.3) is 5.91 Å². The van der Waals surface area contributed by atoms with E-state index >= 15 is 0 Å². The van der Waals surface area contributed by atoms with E-state index < -0.39 is 5.60 Å². The van der Waals surface area contributed by atoms with Crippen LogP contribution in [0.3, 0.4) is 0 Å². The van der Waals surface area contributed by atoms with Crippen molar-refractivity contribution in [3.05, 3.63) is 102 Å². The molecular formula is C38H40N8O4. The second-order valence-electron chi connectivity index (χ2n) is 13.7. The van der Waals surface area contributed by atoms with Crippen molar-refractivity contribution in [2.24, 2.45) is 16.1 Å². The van der Waals surface area contributed by atoms with Gasteiger partial charge in [-0.05, 0) is 80.0 Å². The Kier molecular flexibility index (Phi) is 8.59. The van der Waals surface area contributed by atoms with Crippen molar-refractivity contribution >= 4 is 28.9 Å². The van der Waals surface area contributed by atoms with Crippen LogP contribution in [0.15, 0.2) is 101 Å². The zero-order valence-corrected chi connectivity index (χ0v) is 28.0. The van der Waals surface area contributed by atoms with Crippen molar-refractivity contribution in [3.8, 4) is 11.4 Å². The number of azo groups is 1. The van der Waals surface area contributed by atoms with Crippen LogP contribution in [0.2, 0.25) is 0 Å². The number of likely N-dealkylation sites (tertiary alicyclic amines) is 2. The molecule has 4 aliphatic heterocycles. The first-order valence-corrected chi connectivity index (χ1v) is 17.3. The van der Waals surface area contributed by atoms with Gasteiger partial charge in [-0.15, -0.1) is 10.2 Å². The van der Waals surface area contributed by atoms with Gasteiger partial charge < -0.3 is 15.0 Å². The van der Waals surface area contributed by atoms with Gasteiger partial charge in [-0.2, -0.15) is 0 Å². The number of rotatable bonds is 8. The molecule has 3 fully saturated rings. The lowest BCUT2D eigenvalue weighted by Crippen LogP contribution is -2.48. The van der Waals surface area contributed by atoms with Crippen molar-refractivity contribution < 1.29 is 19.5 Å². The number of nitrogens with one attached hydrogen (secondary N) is 1. The van der Waals surface area contributed by atoms with E-state index in [1.807, 2.05) is 46.2 Å². The van der Waals surface area contributed by atoms with Crippen molar-refractivity contribution in [1.82, 2.24) is 24.8 Å². The molecule has 50 heavy (non-hydrogen) atoms. The summed E-state index contributed by atoms with van der Waals surface area (Å²) < 4.78 is 5.87. The normalized spacial score (nSPS) is 23.7. The molecule has 1 aliphatic carbocycles. The predicted molar refractivity (Wildman–Crippen MR) is 187 cm³/mol.